The molecule has 0 radical (unpaired) electrons. The molecule has 0 N–H and O–H groups in total. The first-order chi connectivity index (χ1) is 15.1. The molecule has 5 nitrogen and oxygen atoms in total. The standard InChI is InChI=1S/C25H31FN2O3/c1-30-23-8-5-7-21(24(23)31-2)25(29)28-16-19-6-3-4-14-27(22(19)17-28)15-13-18-9-11-20(26)12-10-18/h5,7-12,19,22H,3-4,6,13-17H2,1-2H3/t19-,22+/m0/s1. The molecule has 0 spiro atoms. The van der Waals surface area contributed by atoms with Crippen LogP contribution in [-0.4, -0.2) is 62.1 Å². The lowest BCUT2D eigenvalue weighted by molar-refractivity contribution is 0.0770. The third-order valence-electron chi connectivity index (χ3n) is 6.67. The van der Waals surface area contributed by atoms with Crippen molar-refractivity contribution in [1.82, 2.24) is 9.80 Å². The number of para-hydroxylation sites is 1. The predicted molar refractivity (Wildman–Crippen MR) is 118 cm³/mol. The average Bonchev–Trinajstić information content (AvgIpc) is 3.13. The van der Waals surface area contributed by atoms with Crippen LogP contribution < -0.4 is 9.47 Å². The summed E-state index contributed by atoms with van der Waals surface area (Å²) in [6, 6.07) is 12.6. The number of nitrogens with zero attached hydrogens (tertiary/aromatic N) is 2. The summed E-state index contributed by atoms with van der Waals surface area (Å²) in [5, 5.41) is 0. The van der Waals surface area contributed by atoms with Gasteiger partial charge in [0.2, 0.25) is 0 Å². The van der Waals surface area contributed by atoms with Gasteiger partial charge in [0.1, 0.15) is 5.82 Å². The van der Waals surface area contributed by atoms with Crippen LogP contribution in [0.25, 0.3) is 0 Å². The quantitative estimate of drug-likeness (QED) is 0.700. The fourth-order valence-electron chi connectivity index (χ4n) is 5.03. The minimum absolute atomic E-state index is 0.00214. The van der Waals surface area contributed by atoms with Crippen molar-refractivity contribution in [1.29, 1.82) is 0 Å². The molecule has 0 saturated carbocycles. The van der Waals surface area contributed by atoms with E-state index in [-0.39, 0.29) is 11.7 Å². The van der Waals surface area contributed by atoms with Crippen LogP contribution in [0.5, 0.6) is 11.5 Å². The molecule has 0 aromatic heterocycles. The molecule has 2 aromatic rings. The Morgan fingerprint density at radius 2 is 1.87 bits per heavy atom. The SMILES string of the molecule is COc1cccc(C(=O)N2C[C@@H]3CCCCN(CCc4ccc(F)cc4)[C@@H]3C2)c1OC. The third kappa shape index (κ3) is 4.69. The Labute approximate surface area is 183 Å². The molecule has 2 fully saturated rings. The van der Waals surface area contributed by atoms with Gasteiger partial charge < -0.3 is 14.4 Å². The van der Waals surface area contributed by atoms with Gasteiger partial charge in [-0.2, -0.15) is 0 Å². The molecule has 2 saturated heterocycles. The van der Waals surface area contributed by atoms with Gasteiger partial charge in [0.05, 0.1) is 19.8 Å². The zero-order valence-electron chi connectivity index (χ0n) is 18.4. The van der Waals surface area contributed by atoms with Gasteiger partial charge in [-0.3, -0.25) is 9.69 Å². The number of methoxy groups -OCH3 is 2. The molecule has 2 heterocycles. The van der Waals surface area contributed by atoms with Gasteiger partial charge in [0, 0.05) is 25.7 Å². The highest BCUT2D eigenvalue weighted by Gasteiger charge is 2.40. The summed E-state index contributed by atoms with van der Waals surface area (Å²) in [6.45, 7) is 3.48. The van der Waals surface area contributed by atoms with Crippen LogP contribution in [0, 0.1) is 11.7 Å². The van der Waals surface area contributed by atoms with E-state index in [9.17, 15) is 9.18 Å². The van der Waals surface area contributed by atoms with Gasteiger partial charge >= 0.3 is 0 Å². The van der Waals surface area contributed by atoms with Crippen molar-refractivity contribution >= 4 is 5.91 Å². The number of likely N-dealkylation sites (tertiary alicyclic amines) is 2. The van der Waals surface area contributed by atoms with Crippen LogP contribution in [-0.2, 0) is 6.42 Å². The maximum absolute atomic E-state index is 13.4. The molecule has 0 aliphatic carbocycles. The van der Waals surface area contributed by atoms with Crippen molar-refractivity contribution in [3.63, 3.8) is 0 Å². The van der Waals surface area contributed by atoms with Gasteiger partial charge in [0.15, 0.2) is 11.5 Å². The first-order valence-corrected chi connectivity index (χ1v) is 11.1. The average molecular weight is 427 g/mol. The Bertz CT molecular complexity index is 902. The molecule has 4 rings (SSSR count). The van der Waals surface area contributed by atoms with Gasteiger partial charge in [-0.05, 0) is 61.6 Å². The number of carbonyl (C=O) groups is 1. The van der Waals surface area contributed by atoms with Crippen molar-refractivity contribution in [2.75, 3.05) is 40.4 Å². The molecule has 2 aromatic carbocycles. The highest BCUT2D eigenvalue weighted by Crippen LogP contribution is 2.35. The lowest BCUT2D eigenvalue weighted by atomic mass is 9.98. The van der Waals surface area contributed by atoms with Crippen molar-refractivity contribution in [3.8, 4) is 11.5 Å². The highest BCUT2D eigenvalue weighted by molar-refractivity contribution is 5.98. The largest absolute Gasteiger partial charge is 0.493 e. The molecule has 31 heavy (non-hydrogen) atoms. The fraction of sp³-hybridized carbons (Fsp3) is 0.480. The van der Waals surface area contributed by atoms with Crippen LogP contribution in [0.1, 0.15) is 35.2 Å². The summed E-state index contributed by atoms with van der Waals surface area (Å²) >= 11 is 0. The summed E-state index contributed by atoms with van der Waals surface area (Å²) in [5.74, 6) is 1.35. The molecular formula is C25H31FN2O3. The van der Waals surface area contributed by atoms with Crippen LogP contribution in [0.15, 0.2) is 42.5 Å². The highest BCUT2D eigenvalue weighted by atomic mass is 19.1. The monoisotopic (exact) mass is 426 g/mol. The first-order valence-electron chi connectivity index (χ1n) is 11.1. The Morgan fingerprint density at radius 3 is 2.61 bits per heavy atom. The molecule has 6 heteroatoms. The summed E-state index contributed by atoms with van der Waals surface area (Å²) in [4.78, 5) is 17.9. The number of carbonyl (C=O) groups excluding carboxylic acids is 1. The first kappa shape index (κ1) is 21.6. The van der Waals surface area contributed by atoms with Gasteiger partial charge in [-0.25, -0.2) is 4.39 Å². The Hall–Kier alpha value is -2.60. The molecule has 1 amide bonds. The lowest BCUT2D eigenvalue weighted by Gasteiger charge is -2.30. The minimum Gasteiger partial charge on any atom is -0.493 e. The molecule has 2 aliphatic rings. The minimum atomic E-state index is -0.198. The van der Waals surface area contributed by atoms with Crippen LogP contribution >= 0.6 is 0 Å². The second-order valence-electron chi connectivity index (χ2n) is 8.49. The summed E-state index contributed by atoms with van der Waals surface area (Å²) < 4.78 is 24.1. The van der Waals surface area contributed by atoms with Crippen molar-refractivity contribution < 1.29 is 18.7 Å². The van der Waals surface area contributed by atoms with Crippen LogP contribution in [0.3, 0.4) is 0 Å². The second-order valence-corrected chi connectivity index (χ2v) is 8.49. The molecule has 0 unspecified atom stereocenters. The third-order valence-corrected chi connectivity index (χ3v) is 6.67. The van der Waals surface area contributed by atoms with Gasteiger partial charge in [-0.15, -0.1) is 0 Å². The number of halogens is 1. The van der Waals surface area contributed by atoms with E-state index in [1.54, 1.807) is 20.3 Å². The topological polar surface area (TPSA) is 42.0 Å². The molecule has 2 atom stereocenters. The van der Waals surface area contributed by atoms with Gasteiger partial charge in [-0.1, -0.05) is 24.6 Å². The Balaban J connectivity index is 1.47. The van der Waals surface area contributed by atoms with Gasteiger partial charge in [0.25, 0.3) is 5.91 Å². The van der Waals surface area contributed by atoms with E-state index < -0.39 is 0 Å². The fourth-order valence-corrected chi connectivity index (χ4v) is 5.03. The van der Waals surface area contributed by atoms with Crippen LogP contribution in [0.4, 0.5) is 4.39 Å². The summed E-state index contributed by atoms with van der Waals surface area (Å²) in [7, 11) is 3.15. The van der Waals surface area contributed by atoms with E-state index in [1.807, 2.05) is 29.2 Å². The molecule has 0 bridgehead atoms. The van der Waals surface area contributed by atoms with E-state index in [0.29, 0.717) is 29.0 Å². The van der Waals surface area contributed by atoms with Crippen LogP contribution in [0.2, 0.25) is 0 Å². The van der Waals surface area contributed by atoms with E-state index >= 15 is 0 Å². The van der Waals surface area contributed by atoms with E-state index in [4.69, 9.17) is 9.47 Å². The zero-order valence-corrected chi connectivity index (χ0v) is 18.4. The zero-order chi connectivity index (χ0) is 21.8. The number of hydrogen-bond donors (Lipinski definition) is 0. The number of ether oxygens (including phenoxy) is 2. The normalized spacial score (nSPS) is 21.5. The van der Waals surface area contributed by atoms with Crippen molar-refractivity contribution in [2.24, 2.45) is 5.92 Å². The Morgan fingerprint density at radius 1 is 1.06 bits per heavy atom. The number of hydrogen-bond acceptors (Lipinski definition) is 4. The smallest absolute Gasteiger partial charge is 0.257 e. The van der Waals surface area contributed by atoms with Crippen molar-refractivity contribution in [2.45, 2.75) is 31.7 Å². The van der Waals surface area contributed by atoms with E-state index in [2.05, 4.69) is 4.90 Å². The molecule has 166 valence electrons. The molecular weight excluding hydrogens is 395 g/mol. The Kier molecular flexibility index (Phi) is 6.76. The van der Waals surface area contributed by atoms with E-state index in [1.165, 1.54) is 25.0 Å². The van der Waals surface area contributed by atoms with E-state index in [0.717, 1.165) is 44.6 Å². The number of fused-ring (bicyclic) bond motifs is 1. The number of rotatable bonds is 6. The van der Waals surface area contributed by atoms with Crippen molar-refractivity contribution in [3.05, 3.63) is 59.4 Å². The summed E-state index contributed by atoms with van der Waals surface area (Å²) in [6.07, 6.45) is 4.42. The predicted octanol–water partition coefficient (Wildman–Crippen LogP) is 4.01. The lowest BCUT2D eigenvalue weighted by Crippen LogP contribution is -2.42. The maximum atomic E-state index is 13.4. The number of amides is 1. The summed E-state index contributed by atoms with van der Waals surface area (Å²) in [5.41, 5.74) is 1.70. The maximum Gasteiger partial charge on any atom is 0.257 e. The molecule has 2 aliphatic heterocycles. The second kappa shape index (κ2) is 9.69. The number of benzene rings is 2.